The summed E-state index contributed by atoms with van der Waals surface area (Å²) in [5.74, 6) is -0.453. The zero-order valence-corrected chi connectivity index (χ0v) is 33.4. The van der Waals surface area contributed by atoms with Crippen LogP contribution in [0.15, 0.2) is 0 Å². The Morgan fingerprint density at radius 1 is 0.891 bits per heavy atom. The van der Waals surface area contributed by atoms with Crippen molar-refractivity contribution in [3.8, 4) is 0 Å². The van der Waals surface area contributed by atoms with Gasteiger partial charge >= 0.3 is 113 Å². The van der Waals surface area contributed by atoms with Crippen molar-refractivity contribution >= 4 is 54.1 Å². The van der Waals surface area contributed by atoms with Crippen LogP contribution in [0.2, 0.25) is 0 Å². The van der Waals surface area contributed by atoms with Gasteiger partial charge in [-0.15, -0.1) is 0 Å². The third kappa shape index (κ3) is 33.5. The van der Waals surface area contributed by atoms with Crippen molar-refractivity contribution in [1.82, 2.24) is 0 Å². The van der Waals surface area contributed by atoms with E-state index in [1.165, 1.54) is 0 Å². The number of rotatable bonds is 19. The fourth-order valence-electron chi connectivity index (χ4n) is 2.59. The average molecular weight is 976 g/mol. The molecule has 28 heteroatoms. The molecular weight excluding hydrogens is 925 g/mol. The third-order valence-electron chi connectivity index (χ3n) is 5.46. The maximum Gasteiger partial charge on any atom is 0.104 e. The predicted molar refractivity (Wildman–Crippen MR) is 174 cm³/mol. The standard InChI is InChI=1S/C14H26O8.C5H8O2.C3H6O2.C2H6O.2CHF3O3S.CH4.Sn/c15-4-2-1-3-14(18)22-7-11(17)6-20-12(5-16)8-19-9-13-10-21-13;6-5-3-1-2-4-7-5;4-1-3-2-5-3;1-2-3;2*2-1(3,4)8(5,6)7;;/h11-13,15-17H,1-10H2;1-4H2;3-4H,1-2H2;3H,2H2,1H3;2*(H,5,6,7);1H4;/q;;;;;;;+2/p-2. The van der Waals surface area contributed by atoms with Gasteiger partial charge in [-0.25, -0.2) is 0 Å². The minimum atomic E-state index is -6.15. The summed E-state index contributed by atoms with van der Waals surface area (Å²) in [4.78, 5) is 21.5. The number of alkyl halides is 6. The van der Waals surface area contributed by atoms with Crippen LogP contribution in [-0.4, -0.2) is 184 Å². The maximum absolute atomic E-state index is 11.6. The van der Waals surface area contributed by atoms with Crippen LogP contribution in [0, 0.1) is 0 Å². The number of aliphatic hydroxyl groups excluding tert-OH is 5. The van der Waals surface area contributed by atoms with Gasteiger partial charge in [0.15, 0.2) is 0 Å². The molecule has 3 aliphatic rings. The van der Waals surface area contributed by atoms with Gasteiger partial charge in [-0.1, -0.05) is 7.43 Å². The van der Waals surface area contributed by atoms with E-state index in [0.717, 1.165) is 19.4 Å². The molecule has 0 bridgehead atoms. The minimum Gasteiger partial charge on any atom is -0.394 e. The van der Waals surface area contributed by atoms with E-state index in [1.807, 2.05) is 0 Å². The molecule has 3 fully saturated rings. The molecule has 3 heterocycles. The van der Waals surface area contributed by atoms with Crippen molar-refractivity contribution in [2.45, 2.75) is 88.3 Å². The van der Waals surface area contributed by atoms with Gasteiger partial charge < -0.3 is 54.0 Å². The summed E-state index contributed by atoms with van der Waals surface area (Å²) in [5.41, 5.74) is -11.7. The first-order chi connectivity index (χ1) is 25.1. The van der Waals surface area contributed by atoms with Crippen LogP contribution in [0.4, 0.5) is 26.3 Å². The second-order valence-corrected chi connectivity index (χ2v) is 16.7. The number of cyclic esters (lactones) is 1. The summed E-state index contributed by atoms with van der Waals surface area (Å²) in [7, 11) is -12.3. The molecule has 2 radical (unpaired) electrons. The second kappa shape index (κ2) is 31.7. The molecule has 330 valence electrons. The molecule has 55 heavy (non-hydrogen) atoms. The van der Waals surface area contributed by atoms with Gasteiger partial charge in [-0.2, -0.15) is 0 Å². The molecule has 0 aromatic rings. The van der Waals surface area contributed by atoms with Crippen LogP contribution in [0.25, 0.3) is 0 Å². The Morgan fingerprint density at radius 2 is 1.42 bits per heavy atom. The molecule has 3 saturated heterocycles. The van der Waals surface area contributed by atoms with Crippen molar-refractivity contribution in [3.63, 3.8) is 0 Å². The normalized spacial score (nSPS) is 18.7. The molecule has 0 saturated carbocycles. The molecule has 0 aromatic carbocycles. The molecule has 0 aliphatic carbocycles. The number of unbranched alkanes of at least 4 members (excludes halogenated alkanes) is 1. The van der Waals surface area contributed by atoms with Gasteiger partial charge in [-0.05, 0) is 32.6 Å². The first-order valence-corrected chi connectivity index (χ1v) is 20.8. The maximum atomic E-state index is 11.6. The van der Waals surface area contributed by atoms with E-state index in [9.17, 15) is 57.9 Å². The predicted octanol–water partition coefficient (Wildman–Crippen LogP) is -0.175. The minimum absolute atomic E-state index is 0. The Hall–Kier alpha value is -1.22. The first kappa shape index (κ1) is 58.1. The Labute approximate surface area is 326 Å². The first-order valence-electron chi connectivity index (χ1n) is 15.7. The van der Waals surface area contributed by atoms with E-state index < -0.39 is 71.4 Å². The van der Waals surface area contributed by atoms with Crippen LogP contribution in [-0.2, 0) is 63.3 Å². The van der Waals surface area contributed by atoms with Crippen molar-refractivity contribution < 1.29 is 112 Å². The van der Waals surface area contributed by atoms with Crippen molar-refractivity contribution in [2.24, 2.45) is 0 Å². The summed E-state index contributed by atoms with van der Waals surface area (Å²) >= 11 is -3.86. The fourth-order valence-corrected chi connectivity index (χ4v) is 6.93. The van der Waals surface area contributed by atoms with Gasteiger partial charge in [0.25, 0.3) is 0 Å². The zero-order valence-electron chi connectivity index (χ0n) is 28.9. The number of ether oxygens (including phenoxy) is 6. The quantitative estimate of drug-likeness (QED) is 0.0280. The molecular formula is C27H50F6O19S2Sn. The Kier molecular flexibility index (Phi) is 33.5. The Morgan fingerprint density at radius 3 is 1.76 bits per heavy atom. The Balaban J connectivity index is -0.000000713. The van der Waals surface area contributed by atoms with Crippen LogP contribution < -0.4 is 0 Å². The molecule has 19 nitrogen and oxygen atoms in total. The zero-order chi connectivity index (χ0) is 41.8. The molecule has 4 atom stereocenters. The average Bonchev–Trinajstić information content (AvgIpc) is 4.02. The van der Waals surface area contributed by atoms with Crippen LogP contribution in [0.1, 0.15) is 52.9 Å². The van der Waals surface area contributed by atoms with Crippen molar-refractivity contribution in [3.05, 3.63) is 0 Å². The summed E-state index contributed by atoms with van der Waals surface area (Å²) in [6, 6.07) is 0. The van der Waals surface area contributed by atoms with E-state index in [0.29, 0.717) is 39.1 Å². The summed E-state index contributed by atoms with van der Waals surface area (Å²) < 4.78 is 146. The number of hydrogen-bond donors (Lipinski definition) is 5. The molecule has 0 aromatic heterocycles. The number of epoxide rings is 2. The third-order valence-corrected chi connectivity index (χ3v) is 12.1. The summed E-state index contributed by atoms with van der Waals surface area (Å²) in [6.45, 7) is 4.51. The van der Waals surface area contributed by atoms with Crippen LogP contribution >= 0.6 is 0 Å². The van der Waals surface area contributed by atoms with Gasteiger partial charge in [0.2, 0.25) is 0 Å². The number of carbonyl (C=O) groups excluding carboxylic acids is 2. The topological polar surface area (TPSA) is 284 Å². The smallest absolute Gasteiger partial charge is 0.104 e. The number of carbonyl (C=O) groups is 2. The Bertz CT molecular complexity index is 1150. The number of hydrogen-bond acceptors (Lipinski definition) is 19. The van der Waals surface area contributed by atoms with E-state index in [4.69, 9.17) is 39.4 Å². The molecule has 0 spiro atoms. The van der Waals surface area contributed by atoms with Crippen molar-refractivity contribution in [1.29, 1.82) is 0 Å². The van der Waals surface area contributed by atoms with E-state index in [-0.39, 0.29) is 78.3 Å². The molecule has 4 unspecified atom stereocenters. The fraction of sp³-hybridized carbons (Fsp3) is 0.926. The van der Waals surface area contributed by atoms with Gasteiger partial charge in [0.05, 0.1) is 52.9 Å². The molecule has 3 rings (SSSR count). The molecule has 0 amide bonds. The largest absolute Gasteiger partial charge is 0.394 e. The number of aliphatic hydroxyl groups is 5. The summed E-state index contributed by atoms with van der Waals surface area (Å²) in [5, 5.41) is 43.0. The van der Waals surface area contributed by atoms with Crippen molar-refractivity contribution in [2.75, 3.05) is 72.7 Å². The summed E-state index contributed by atoms with van der Waals surface area (Å²) in [6.07, 6.45) is 2.85. The van der Waals surface area contributed by atoms with E-state index in [1.54, 1.807) is 6.92 Å². The number of esters is 2. The number of halogens is 6. The van der Waals surface area contributed by atoms with Gasteiger partial charge in [0, 0.05) is 26.1 Å². The second-order valence-electron chi connectivity index (χ2n) is 10.3. The van der Waals surface area contributed by atoms with E-state index in [2.05, 4.69) is 14.5 Å². The molecule has 3 aliphatic heterocycles. The SMILES string of the molecule is C.CCO.O=C(CCCCO)OCC(O)COC(CO)COCC1CO1.O=C1CCCCO1.O=S(=O)([O][Sn][O]S(=O)(=O)C(F)(F)F)C(F)(F)F.OCC1CO1. The van der Waals surface area contributed by atoms with Gasteiger partial charge in [0.1, 0.15) is 31.0 Å². The van der Waals surface area contributed by atoms with Crippen LogP contribution in [0.5, 0.6) is 0 Å². The van der Waals surface area contributed by atoms with Gasteiger partial charge in [-0.3, -0.25) is 9.59 Å². The monoisotopic (exact) mass is 976 g/mol. The van der Waals surface area contributed by atoms with Crippen LogP contribution in [0.3, 0.4) is 0 Å². The molecule has 5 N–H and O–H groups in total. The van der Waals surface area contributed by atoms with E-state index >= 15 is 0 Å².